The number of fused-ring (bicyclic) bond motifs is 1. The molecule has 4 nitrogen and oxygen atoms in total. The number of aromatic nitrogens is 3. The van der Waals surface area contributed by atoms with Gasteiger partial charge >= 0.3 is 6.18 Å². The predicted octanol–water partition coefficient (Wildman–Crippen LogP) is 4.68. The predicted molar refractivity (Wildman–Crippen MR) is 84.2 cm³/mol. The van der Waals surface area contributed by atoms with Crippen LogP contribution in [-0.2, 0) is 6.18 Å². The number of rotatable bonds is 3. The highest BCUT2D eigenvalue weighted by Gasteiger charge is 2.30. The molecule has 23 heavy (non-hydrogen) atoms. The van der Waals surface area contributed by atoms with E-state index in [9.17, 15) is 13.2 Å². The lowest BCUT2D eigenvalue weighted by molar-refractivity contribution is -0.137. The molecule has 3 aromatic rings. The summed E-state index contributed by atoms with van der Waals surface area (Å²) in [6, 6.07) is 6.75. The van der Waals surface area contributed by atoms with E-state index < -0.39 is 11.7 Å². The van der Waals surface area contributed by atoms with Crippen LogP contribution in [0.25, 0.3) is 5.52 Å². The summed E-state index contributed by atoms with van der Waals surface area (Å²) in [5, 5.41) is 7.21. The molecule has 1 N–H and O–H groups in total. The molecular formula is C15H12BrF3N4. The molecule has 0 amide bonds. The first-order valence-corrected chi connectivity index (χ1v) is 7.56. The molecule has 0 radical (unpaired) electrons. The van der Waals surface area contributed by atoms with Gasteiger partial charge in [-0.3, -0.25) is 0 Å². The summed E-state index contributed by atoms with van der Waals surface area (Å²) < 4.78 is 40.9. The number of nitrogens with zero attached hydrogens (tertiary/aromatic N) is 3. The first-order valence-electron chi connectivity index (χ1n) is 6.77. The van der Waals surface area contributed by atoms with E-state index >= 15 is 0 Å². The van der Waals surface area contributed by atoms with Crippen molar-refractivity contribution in [1.29, 1.82) is 0 Å². The topological polar surface area (TPSA) is 42.2 Å². The molecular weight excluding hydrogens is 373 g/mol. The number of alkyl halides is 3. The molecule has 0 saturated heterocycles. The molecule has 0 bridgehead atoms. The summed E-state index contributed by atoms with van der Waals surface area (Å²) in [7, 11) is 0. The van der Waals surface area contributed by atoms with Gasteiger partial charge in [-0.05, 0) is 46.6 Å². The average molecular weight is 385 g/mol. The van der Waals surface area contributed by atoms with Crippen molar-refractivity contribution in [3.8, 4) is 0 Å². The highest BCUT2D eigenvalue weighted by molar-refractivity contribution is 9.10. The molecule has 0 unspecified atom stereocenters. The van der Waals surface area contributed by atoms with Gasteiger partial charge in [0.05, 0.1) is 11.6 Å². The van der Waals surface area contributed by atoms with Crippen LogP contribution in [0.5, 0.6) is 0 Å². The smallest absolute Gasteiger partial charge is 0.362 e. The van der Waals surface area contributed by atoms with Gasteiger partial charge in [-0.1, -0.05) is 12.1 Å². The largest absolute Gasteiger partial charge is 0.416 e. The summed E-state index contributed by atoms with van der Waals surface area (Å²) >= 11 is 3.36. The van der Waals surface area contributed by atoms with Crippen molar-refractivity contribution < 1.29 is 13.2 Å². The number of halogens is 4. The van der Waals surface area contributed by atoms with E-state index in [-0.39, 0.29) is 6.04 Å². The van der Waals surface area contributed by atoms with E-state index in [4.69, 9.17) is 0 Å². The Hall–Kier alpha value is -2.09. The Kier molecular flexibility index (Phi) is 4.01. The number of anilines is 1. The van der Waals surface area contributed by atoms with Crippen LogP contribution in [0.15, 0.2) is 47.3 Å². The molecule has 0 aliphatic carbocycles. The molecule has 0 aliphatic rings. The minimum atomic E-state index is -4.36. The number of hydrogen-bond donors (Lipinski definition) is 1. The highest BCUT2D eigenvalue weighted by atomic mass is 79.9. The molecule has 8 heteroatoms. The van der Waals surface area contributed by atoms with Gasteiger partial charge < -0.3 is 5.32 Å². The lowest BCUT2D eigenvalue weighted by atomic mass is 10.0. The van der Waals surface area contributed by atoms with Crippen LogP contribution in [0.2, 0.25) is 0 Å². The van der Waals surface area contributed by atoms with Gasteiger partial charge in [-0.2, -0.15) is 18.3 Å². The van der Waals surface area contributed by atoms with E-state index in [2.05, 4.69) is 31.3 Å². The molecule has 0 saturated carbocycles. The summed E-state index contributed by atoms with van der Waals surface area (Å²) in [6.45, 7) is 1.78. The second kappa shape index (κ2) is 5.84. The average Bonchev–Trinajstić information content (AvgIpc) is 2.88. The molecule has 0 fully saturated rings. The van der Waals surface area contributed by atoms with E-state index in [1.54, 1.807) is 23.7 Å². The molecule has 120 valence electrons. The summed E-state index contributed by atoms with van der Waals surface area (Å²) in [5.41, 5.74) is 0.599. The van der Waals surface area contributed by atoms with Gasteiger partial charge in [0, 0.05) is 10.7 Å². The maximum Gasteiger partial charge on any atom is 0.416 e. The van der Waals surface area contributed by atoms with Crippen LogP contribution in [0.3, 0.4) is 0 Å². The fourth-order valence-corrected chi connectivity index (χ4v) is 2.69. The van der Waals surface area contributed by atoms with Crippen molar-refractivity contribution in [2.24, 2.45) is 0 Å². The van der Waals surface area contributed by atoms with Crippen LogP contribution < -0.4 is 5.32 Å². The minimum Gasteiger partial charge on any atom is -0.362 e. The third-order valence-corrected chi connectivity index (χ3v) is 3.87. The first kappa shape index (κ1) is 15.8. The Morgan fingerprint density at radius 1 is 1.26 bits per heavy atom. The van der Waals surface area contributed by atoms with E-state index in [1.165, 1.54) is 12.4 Å². The summed E-state index contributed by atoms with van der Waals surface area (Å²) in [4.78, 5) is 4.17. The first-order chi connectivity index (χ1) is 10.8. The molecule has 1 atom stereocenters. The Morgan fingerprint density at radius 2 is 2.04 bits per heavy atom. The Morgan fingerprint density at radius 3 is 2.78 bits per heavy atom. The molecule has 1 aromatic carbocycles. The zero-order valence-corrected chi connectivity index (χ0v) is 13.6. The van der Waals surface area contributed by atoms with Gasteiger partial charge in [0.1, 0.15) is 11.8 Å². The lowest BCUT2D eigenvalue weighted by Gasteiger charge is -2.17. The van der Waals surface area contributed by atoms with Gasteiger partial charge in [0.25, 0.3) is 0 Å². The SMILES string of the molecule is C[C@@H](Nc1ncnn2cc(Br)cc12)c1cccc(C(F)(F)F)c1. The van der Waals surface area contributed by atoms with Crippen molar-refractivity contribution in [1.82, 2.24) is 14.6 Å². The Labute approximate surface area is 138 Å². The summed E-state index contributed by atoms with van der Waals surface area (Å²) in [5.74, 6) is 0.551. The van der Waals surface area contributed by atoms with Crippen LogP contribution in [0.4, 0.5) is 19.0 Å². The van der Waals surface area contributed by atoms with Crippen LogP contribution >= 0.6 is 15.9 Å². The van der Waals surface area contributed by atoms with Crippen LogP contribution in [0, 0.1) is 0 Å². The zero-order chi connectivity index (χ0) is 16.6. The Balaban J connectivity index is 1.90. The highest BCUT2D eigenvalue weighted by Crippen LogP contribution is 2.31. The van der Waals surface area contributed by atoms with Gasteiger partial charge in [-0.25, -0.2) is 9.50 Å². The lowest BCUT2D eigenvalue weighted by Crippen LogP contribution is -2.11. The maximum absolute atomic E-state index is 12.8. The van der Waals surface area contributed by atoms with Crippen LogP contribution in [0.1, 0.15) is 24.1 Å². The molecule has 2 aromatic heterocycles. The van der Waals surface area contributed by atoms with Crippen molar-refractivity contribution in [3.63, 3.8) is 0 Å². The second-order valence-corrected chi connectivity index (χ2v) is 6.00. The van der Waals surface area contributed by atoms with Gasteiger partial charge in [0.15, 0.2) is 5.82 Å². The maximum atomic E-state index is 12.8. The normalized spacial score (nSPS) is 13.3. The summed E-state index contributed by atoms with van der Waals surface area (Å²) in [6.07, 6.45) is -1.19. The van der Waals surface area contributed by atoms with Crippen molar-refractivity contribution in [2.75, 3.05) is 5.32 Å². The van der Waals surface area contributed by atoms with Crippen molar-refractivity contribution in [3.05, 3.63) is 58.5 Å². The van der Waals surface area contributed by atoms with E-state index in [0.717, 1.165) is 22.1 Å². The second-order valence-electron chi connectivity index (χ2n) is 5.09. The quantitative estimate of drug-likeness (QED) is 0.712. The van der Waals surface area contributed by atoms with Crippen LogP contribution in [-0.4, -0.2) is 14.6 Å². The third kappa shape index (κ3) is 3.31. The van der Waals surface area contributed by atoms with Crippen molar-refractivity contribution in [2.45, 2.75) is 19.1 Å². The van der Waals surface area contributed by atoms with Gasteiger partial charge in [-0.15, -0.1) is 0 Å². The Bertz CT molecular complexity index is 844. The molecule has 2 heterocycles. The zero-order valence-electron chi connectivity index (χ0n) is 12.0. The minimum absolute atomic E-state index is 0.343. The standard InChI is InChI=1S/C15H12BrF3N4/c1-9(10-3-2-4-11(5-10)15(17,18)19)22-14-13-6-12(16)7-23(13)21-8-20-14/h2-9H,1H3,(H,20,21,22)/t9-/m1/s1. The van der Waals surface area contributed by atoms with E-state index in [1.807, 2.05) is 6.07 Å². The third-order valence-electron chi connectivity index (χ3n) is 3.44. The number of hydrogen-bond acceptors (Lipinski definition) is 3. The van der Waals surface area contributed by atoms with E-state index in [0.29, 0.717) is 11.4 Å². The van der Waals surface area contributed by atoms with Crippen molar-refractivity contribution >= 4 is 27.3 Å². The fraction of sp³-hybridized carbons (Fsp3) is 0.200. The number of nitrogens with one attached hydrogen (secondary N) is 1. The molecule has 0 spiro atoms. The number of benzene rings is 1. The van der Waals surface area contributed by atoms with Gasteiger partial charge in [0.2, 0.25) is 0 Å². The fourth-order valence-electron chi connectivity index (χ4n) is 2.28. The molecule has 3 rings (SSSR count). The molecule has 0 aliphatic heterocycles. The monoisotopic (exact) mass is 384 g/mol.